The van der Waals surface area contributed by atoms with Gasteiger partial charge < -0.3 is 4.74 Å². The van der Waals surface area contributed by atoms with Gasteiger partial charge in [-0.3, -0.25) is 4.79 Å². The number of thioether (sulfide) groups is 1. The molecule has 7 heteroatoms. The maximum Gasteiger partial charge on any atom is 0.210 e. The van der Waals surface area contributed by atoms with Gasteiger partial charge in [0.2, 0.25) is 5.16 Å². The Bertz CT molecular complexity index is 939. The maximum absolute atomic E-state index is 13.0. The molecule has 138 valence electrons. The minimum Gasteiger partial charge on any atom is -0.497 e. The highest BCUT2D eigenvalue weighted by molar-refractivity contribution is 8.00. The number of fused-ring (bicyclic) bond motifs is 1. The van der Waals surface area contributed by atoms with Crippen molar-refractivity contribution in [3.63, 3.8) is 0 Å². The first-order valence-electron chi connectivity index (χ1n) is 8.92. The lowest BCUT2D eigenvalue weighted by Gasteiger charge is -2.13. The third-order valence-corrected chi connectivity index (χ3v) is 5.96. The highest BCUT2D eigenvalue weighted by Gasteiger charge is 2.28. The van der Waals surface area contributed by atoms with Crippen LogP contribution in [0, 0.1) is 0 Å². The SMILES string of the molecule is COc1ccc(Cn2nnnc2SC2CCCc3ccccc3C2=O)cc1. The number of aromatic nitrogens is 4. The van der Waals surface area contributed by atoms with Crippen LogP contribution in [0.2, 0.25) is 0 Å². The Labute approximate surface area is 161 Å². The van der Waals surface area contributed by atoms with E-state index in [2.05, 4.69) is 15.5 Å². The number of benzene rings is 2. The molecule has 1 aliphatic rings. The van der Waals surface area contributed by atoms with Gasteiger partial charge in [0.1, 0.15) is 5.75 Å². The summed E-state index contributed by atoms with van der Waals surface area (Å²) in [6.45, 7) is 0.552. The lowest BCUT2D eigenvalue weighted by molar-refractivity contribution is 0.0988. The monoisotopic (exact) mass is 380 g/mol. The van der Waals surface area contributed by atoms with E-state index in [1.54, 1.807) is 11.8 Å². The Morgan fingerprint density at radius 1 is 1.19 bits per heavy atom. The van der Waals surface area contributed by atoms with Crippen LogP contribution in [0.25, 0.3) is 0 Å². The highest BCUT2D eigenvalue weighted by Crippen LogP contribution is 2.31. The summed E-state index contributed by atoms with van der Waals surface area (Å²) >= 11 is 1.46. The van der Waals surface area contributed by atoms with Crippen LogP contribution in [0.1, 0.15) is 34.3 Å². The second-order valence-corrected chi connectivity index (χ2v) is 7.66. The first kappa shape index (κ1) is 17.7. The van der Waals surface area contributed by atoms with Gasteiger partial charge in [0.15, 0.2) is 5.78 Å². The van der Waals surface area contributed by atoms with Crippen molar-refractivity contribution in [2.75, 3.05) is 7.11 Å². The van der Waals surface area contributed by atoms with Crippen LogP contribution in [0.4, 0.5) is 0 Å². The molecule has 27 heavy (non-hydrogen) atoms. The molecule has 1 heterocycles. The molecule has 0 bridgehead atoms. The Morgan fingerprint density at radius 2 is 2.00 bits per heavy atom. The summed E-state index contributed by atoms with van der Waals surface area (Å²) in [7, 11) is 1.65. The number of aryl methyl sites for hydroxylation is 1. The quantitative estimate of drug-likeness (QED) is 0.632. The zero-order chi connectivity index (χ0) is 18.6. The van der Waals surface area contributed by atoms with Crippen LogP contribution in [-0.4, -0.2) is 38.4 Å². The average Bonchev–Trinajstić information content (AvgIpc) is 3.07. The van der Waals surface area contributed by atoms with Gasteiger partial charge in [-0.25, -0.2) is 4.68 Å². The molecule has 0 radical (unpaired) electrons. The molecule has 0 saturated carbocycles. The fourth-order valence-corrected chi connectivity index (χ4v) is 4.36. The summed E-state index contributed by atoms with van der Waals surface area (Å²) in [5.41, 5.74) is 3.05. The third-order valence-electron chi connectivity index (χ3n) is 4.73. The van der Waals surface area contributed by atoms with E-state index in [0.717, 1.165) is 41.7 Å². The zero-order valence-electron chi connectivity index (χ0n) is 15.0. The van der Waals surface area contributed by atoms with Crippen LogP contribution in [-0.2, 0) is 13.0 Å². The molecule has 6 nitrogen and oxygen atoms in total. The predicted octanol–water partition coefficient (Wildman–Crippen LogP) is 3.41. The van der Waals surface area contributed by atoms with Crippen molar-refractivity contribution in [3.05, 3.63) is 65.2 Å². The molecule has 0 amide bonds. The lowest BCUT2D eigenvalue weighted by Crippen LogP contribution is -2.17. The largest absolute Gasteiger partial charge is 0.497 e. The van der Waals surface area contributed by atoms with E-state index in [1.807, 2.05) is 48.5 Å². The zero-order valence-corrected chi connectivity index (χ0v) is 15.9. The molecular weight excluding hydrogens is 360 g/mol. The summed E-state index contributed by atoms with van der Waals surface area (Å²) in [5.74, 6) is 0.986. The number of ketones is 1. The predicted molar refractivity (Wildman–Crippen MR) is 103 cm³/mol. The Morgan fingerprint density at radius 3 is 2.81 bits per heavy atom. The number of ether oxygens (including phenoxy) is 1. The smallest absolute Gasteiger partial charge is 0.210 e. The van der Waals surface area contributed by atoms with Crippen molar-refractivity contribution in [2.24, 2.45) is 0 Å². The van der Waals surface area contributed by atoms with E-state index in [9.17, 15) is 4.79 Å². The van der Waals surface area contributed by atoms with Crippen LogP contribution >= 0.6 is 11.8 Å². The second-order valence-electron chi connectivity index (χ2n) is 6.49. The van der Waals surface area contributed by atoms with Crippen molar-refractivity contribution in [3.8, 4) is 5.75 Å². The fourth-order valence-electron chi connectivity index (χ4n) is 3.28. The minimum absolute atomic E-state index is 0.158. The third kappa shape index (κ3) is 3.88. The first-order chi connectivity index (χ1) is 13.2. The van der Waals surface area contributed by atoms with E-state index in [-0.39, 0.29) is 11.0 Å². The molecule has 0 fully saturated rings. The molecule has 2 aromatic carbocycles. The van der Waals surface area contributed by atoms with Gasteiger partial charge in [-0.15, -0.1) is 5.10 Å². The molecule has 1 aliphatic carbocycles. The molecule has 0 saturated heterocycles. The number of rotatable bonds is 5. The average molecular weight is 380 g/mol. The Kier molecular flexibility index (Phi) is 5.20. The summed E-state index contributed by atoms with van der Waals surface area (Å²) in [5, 5.41) is 12.6. The minimum atomic E-state index is -0.158. The van der Waals surface area contributed by atoms with E-state index >= 15 is 0 Å². The normalized spacial score (nSPS) is 16.6. The standard InChI is InChI=1S/C20H20N4O2S/c1-26-16-11-9-14(10-12-16)13-24-20(21-22-23-24)27-18-8-4-6-15-5-2-3-7-17(15)19(18)25/h2-3,5,7,9-12,18H,4,6,8,13H2,1H3. The number of hydrogen-bond donors (Lipinski definition) is 0. The number of nitrogens with zero attached hydrogens (tertiary/aromatic N) is 4. The van der Waals surface area contributed by atoms with E-state index in [1.165, 1.54) is 11.8 Å². The molecule has 3 aromatic rings. The van der Waals surface area contributed by atoms with Crippen LogP contribution in [0.3, 0.4) is 0 Å². The van der Waals surface area contributed by atoms with Gasteiger partial charge in [0.25, 0.3) is 0 Å². The van der Waals surface area contributed by atoms with Gasteiger partial charge >= 0.3 is 0 Å². The Hall–Kier alpha value is -2.67. The summed E-state index contributed by atoms with van der Waals surface area (Å²) < 4.78 is 6.94. The second kappa shape index (κ2) is 7.92. The van der Waals surface area contributed by atoms with Crippen molar-refractivity contribution >= 4 is 17.5 Å². The fraction of sp³-hybridized carbons (Fsp3) is 0.300. The summed E-state index contributed by atoms with van der Waals surface area (Å²) in [6.07, 6.45) is 2.75. The van der Waals surface area contributed by atoms with Crippen LogP contribution < -0.4 is 4.74 Å². The van der Waals surface area contributed by atoms with E-state index in [4.69, 9.17) is 4.74 Å². The lowest BCUT2D eigenvalue weighted by atomic mass is 10.0. The molecule has 0 spiro atoms. The van der Waals surface area contributed by atoms with Gasteiger partial charge in [0.05, 0.1) is 18.9 Å². The topological polar surface area (TPSA) is 69.9 Å². The molecular formula is C20H20N4O2S. The van der Waals surface area contributed by atoms with E-state index in [0.29, 0.717) is 11.7 Å². The van der Waals surface area contributed by atoms with Crippen molar-refractivity contribution in [1.29, 1.82) is 0 Å². The highest BCUT2D eigenvalue weighted by atomic mass is 32.2. The summed E-state index contributed by atoms with van der Waals surface area (Å²) in [4.78, 5) is 13.0. The number of Topliss-reactive ketones (excluding diaryl/α,β-unsaturated/α-hetero) is 1. The number of hydrogen-bond acceptors (Lipinski definition) is 6. The molecule has 0 aliphatic heterocycles. The maximum atomic E-state index is 13.0. The molecule has 1 atom stereocenters. The number of carbonyl (C=O) groups excluding carboxylic acids is 1. The summed E-state index contributed by atoms with van der Waals surface area (Å²) in [6, 6.07) is 15.7. The molecule has 0 N–H and O–H groups in total. The number of methoxy groups -OCH3 is 1. The van der Waals surface area contributed by atoms with Crippen molar-refractivity contribution < 1.29 is 9.53 Å². The van der Waals surface area contributed by atoms with Crippen molar-refractivity contribution in [1.82, 2.24) is 20.2 Å². The van der Waals surface area contributed by atoms with E-state index < -0.39 is 0 Å². The van der Waals surface area contributed by atoms with Gasteiger partial charge in [-0.1, -0.05) is 48.2 Å². The molecule has 1 unspecified atom stereocenters. The van der Waals surface area contributed by atoms with Gasteiger partial charge in [-0.05, 0) is 52.9 Å². The van der Waals surface area contributed by atoms with Crippen LogP contribution in [0.5, 0.6) is 5.75 Å². The van der Waals surface area contributed by atoms with Gasteiger partial charge in [-0.2, -0.15) is 0 Å². The van der Waals surface area contributed by atoms with Gasteiger partial charge in [0, 0.05) is 5.56 Å². The Balaban J connectivity index is 1.52. The molecule has 4 rings (SSSR count). The first-order valence-corrected chi connectivity index (χ1v) is 9.80. The number of carbonyl (C=O) groups is 1. The van der Waals surface area contributed by atoms with Crippen LogP contribution in [0.15, 0.2) is 53.7 Å². The van der Waals surface area contributed by atoms with Crippen molar-refractivity contribution in [2.45, 2.75) is 36.2 Å². The molecule has 1 aromatic heterocycles. The number of tetrazole rings is 1.